The lowest BCUT2D eigenvalue weighted by atomic mass is 10.1. The van der Waals surface area contributed by atoms with Crippen LogP contribution in [0.1, 0.15) is 11.1 Å². The second-order valence-electron chi connectivity index (χ2n) is 6.81. The maximum absolute atomic E-state index is 12.2. The van der Waals surface area contributed by atoms with Crippen molar-refractivity contribution in [1.29, 1.82) is 0 Å². The van der Waals surface area contributed by atoms with Crippen molar-refractivity contribution in [2.24, 2.45) is 7.05 Å². The Hall–Kier alpha value is -3.17. The minimum Gasteiger partial charge on any atom is -0.351 e. The third-order valence-corrected chi connectivity index (χ3v) is 5.92. The number of hydrogen-bond acceptors (Lipinski definition) is 7. The summed E-state index contributed by atoms with van der Waals surface area (Å²) in [7, 11) is 1.79. The van der Waals surface area contributed by atoms with Gasteiger partial charge in [-0.15, -0.1) is 10.2 Å². The third kappa shape index (κ3) is 4.95. The van der Waals surface area contributed by atoms with Crippen LogP contribution in [0.5, 0.6) is 0 Å². The van der Waals surface area contributed by atoms with Crippen LogP contribution in [0.15, 0.2) is 58.2 Å². The first-order valence-electron chi connectivity index (χ1n) is 9.44. The molecule has 1 amide bonds. The molecule has 10 heteroatoms. The van der Waals surface area contributed by atoms with Crippen LogP contribution < -0.4 is 5.32 Å². The molecule has 0 radical (unpaired) electrons. The zero-order valence-electron chi connectivity index (χ0n) is 16.9. The van der Waals surface area contributed by atoms with Crippen LogP contribution in [-0.2, 0) is 18.4 Å². The van der Waals surface area contributed by atoms with E-state index in [9.17, 15) is 4.79 Å². The standard InChI is InChI=1S/C21H19ClN6O2S/c1-13-7-9-14(10-8-13)18-24-20(30-27-18)19-25-26-21(28(19)2)31-12-17(29)23-11-15-5-3-4-6-16(15)22/h3-10H,11-12H2,1-2H3,(H,23,29). The van der Waals surface area contributed by atoms with Gasteiger partial charge in [-0.1, -0.05) is 76.5 Å². The first-order valence-corrected chi connectivity index (χ1v) is 10.8. The van der Waals surface area contributed by atoms with Crippen molar-refractivity contribution >= 4 is 29.3 Å². The molecule has 4 rings (SSSR count). The Balaban J connectivity index is 1.38. The van der Waals surface area contributed by atoms with Gasteiger partial charge in [-0.25, -0.2) is 0 Å². The lowest BCUT2D eigenvalue weighted by Gasteiger charge is -2.06. The highest BCUT2D eigenvalue weighted by Gasteiger charge is 2.19. The van der Waals surface area contributed by atoms with Crippen molar-refractivity contribution in [3.8, 4) is 23.1 Å². The molecule has 0 saturated carbocycles. The van der Waals surface area contributed by atoms with Gasteiger partial charge in [-0.05, 0) is 18.6 Å². The maximum Gasteiger partial charge on any atom is 0.296 e. The van der Waals surface area contributed by atoms with E-state index in [-0.39, 0.29) is 17.6 Å². The van der Waals surface area contributed by atoms with Crippen molar-refractivity contribution < 1.29 is 9.32 Å². The molecule has 31 heavy (non-hydrogen) atoms. The Morgan fingerprint density at radius 3 is 2.71 bits per heavy atom. The van der Waals surface area contributed by atoms with Gasteiger partial charge in [0.2, 0.25) is 17.6 Å². The van der Waals surface area contributed by atoms with Crippen molar-refractivity contribution in [1.82, 2.24) is 30.2 Å². The number of nitrogens with one attached hydrogen (secondary N) is 1. The zero-order chi connectivity index (χ0) is 21.8. The maximum atomic E-state index is 12.2. The van der Waals surface area contributed by atoms with Gasteiger partial charge in [-0.2, -0.15) is 4.98 Å². The molecule has 8 nitrogen and oxygen atoms in total. The zero-order valence-corrected chi connectivity index (χ0v) is 18.4. The summed E-state index contributed by atoms with van der Waals surface area (Å²) < 4.78 is 7.09. The van der Waals surface area contributed by atoms with Crippen LogP contribution >= 0.6 is 23.4 Å². The fourth-order valence-corrected chi connectivity index (χ4v) is 3.72. The highest BCUT2D eigenvalue weighted by atomic mass is 35.5. The van der Waals surface area contributed by atoms with Crippen molar-refractivity contribution in [2.45, 2.75) is 18.6 Å². The smallest absolute Gasteiger partial charge is 0.296 e. The molecule has 0 saturated heterocycles. The molecule has 2 aromatic heterocycles. The molecule has 0 aliphatic heterocycles. The number of benzene rings is 2. The average Bonchev–Trinajstić information content (AvgIpc) is 3.39. The van der Waals surface area contributed by atoms with E-state index in [1.165, 1.54) is 11.8 Å². The fourth-order valence-electron chi connectivity index (χ4n) is 2.78. The van der Waals surface area contributed by atoms with E-state index < -0.39 is 0 Å². The molecular formula is C21H19ClN6O2S. The third-order valence-electron chi connectivity index (χ3n) is 4.53. The Morgan fingerprint density at radius 2 is 1.94 bits per heavy atom. The monoisotopic (exact) mass is 454 g/mol. The van der Waals surface area contributed by atoms with Crippen molar-refractivity contribution in [2.75, 3.05) is 5.75 Å². The van der Waals surface area contributed by atoms with Gasteiger partial charge < -0.3 is 14.4 Å². The van der Waals surface area contributed by atoms with Gasteiger partial charge in [0.15, 0.2) is 5.16 Å². The Bertz CT molecular complexity index is 1200. The van der Waals surface area contributed by atoms with Crippen LogP contribution in [0.25, 0.3) is 23.1 Å². The first-order chi connectivity index (χ1) is 15.0. The largest absolute Gasteiger partial charge is 0.351 e. The second-order valence-corrected chi connectivity index (χ2v) is 8.16. The molecule has 4 aromatic rings. The van der Waals surface area contributed by atoms with Crippen molar-refractivity contribution in [3.63, 3.8) is 0 Å². The van der Waals surface area contributed by atoms with Gasteiger partial charge in [0.25, 0.3) is 5.89 Å². The van der Waals surface area contributed by atoms with E-state index in [1.54, 1.807) is 17.7 Å². The fraction of sp³-hybridized carbons (Fsp3) is 0.190. The number of thioether (sulfide) groups is 1. The molecule has 0 fully saturated rings. The van der Waals surface area contributed by atoms with Gasteiger partial charge in [0, 0.05) is 24.2 Å². The molecule has 0 bridgehead atoms. The summed E-state index contributed by atoms with van der Waals surface area (Å²) in [6.07, 6.45) is 0. The number of aryl methyl sites for hydroxylation is 1. The highest BCUT2D eigenvalue weighted by molar-refractivity contribution is 7.99. The minimum atomic E-state index is -0.131. The summed E-state index contributed by atoms with van der Waals surface area (Å²) in [4.78, 5) is 16.6. The quantitative estimate of drug-likeness (QED) is 0.423. The average molecular weight is 455 g/mol. The van der Waals surface area contributed by atoms with Crippen LogP contribution in [0.2, 0.25) is 5.02 Å². The van der Waals surface area contributed by atoms with E-state index in [0.29, 0.717) is 28.4 Å². The van der Waals surface area contributed by atoms with E-state index in [0.717, 1.165) is 16.7 Å². The lowest BCUT2D eigenvalue weighted by Crippen LogP contribution is -2.24. The molecule has 0 spiro atoms. The van der Waals surface area contributed by atoms with Crippen LogP contribution in [-0.4, -0.2) is 36.6 Å². The molecule has 0 aliphatic rings. The molecule has 2 heterocycles. The van der Waals surface area contributed by atoms with Gasteiger partial charge in [0.05, 0.1) is 5.75 Å². The van der Waals surface area contributed by atoms with E-state index in [1.807, 2.05) is 49.4 Å². The van der Waals surface area contributed by atoms with Crippen LogP contribution in [0, 0.1) is 6.92 Å². The Morgan fingerprint density at radius 1 is 1.16 bits per heavy atom. The van der Waals surface area contributed by atoms with Crippen LogP contribution in [0.4, 0.5) is 0 Å². The summed E-state index contributed by atoms with van der Waals surface area (Å²) in [6.45, 7) is 2.38. The Labute approximate surface area is 188 Å². The highest BCUT2D eigenvalue weighted by Crippen LogP contribution is 2.24. The summed E-state index contributed by atoms with van der Waals surface area (Å²) in [6, 6.07) is 15.2. The van der Waals surface area contributed by atoms with Gasteiger partial charge in [-0.3, -0.25) is 4.79 Å². The topological polar surface area (TPSA) is 98.7 Å². The molecular weight excluding hydrogens is 436 g/mol. The predicted molar refractivity (Wildman–Crippen MR) is 118 cm³/mol. The van der Waals surface area contributed by atoms with E-state index in [4.69, 9.17) is 16.1 Å². The normalized spacial score (nSPS) is 10.9. The molecule has 0 unspecified atom stereocenters. The molecule has 0 aliphatic carbocycles. The Kier molecular flexibility index (Phi) is 6.34. The minimum absolute atomic E-state index is 0.131. The van der Waals surface area contributed by atoms with Gasteiger partial charge in [0.1, 0.15) is 0 Å². The van der Waals surface area contributed by atoms with Crippen LogP contribution in [0.3, 0.4) is 0 Å². The second kappa shape index (κ2) is 9.32. The lowest BCUT2D eigenvalue weighted by molar-refractivity contribution is -0.118. The first kappa shape index (κ1) is 21.1. The summed E-state index contributed by atoms with van der Waals surface area (Å²) in [5.74, 6) is 1.24. The number of carbonyl (C=O) groups excluding carboxylic acids is 1. The summed E-state index contributed by atoms with van der Waals surface area (Å²) in [5.41, 5.74) is 2.87. The molecule has 1 N–H and O–H groups in total. The van der Waals surface area contributed by atoms with Gasteiger partial charge >= 0.3 is 0 Å². The van der Waals surface area contributed by atoms with E-state index in [2.05, 4.69) is 25.7 Å². The number of amides is 1. The number of carbonyl (C=O) groups is 1. The number of halogens is 1. The molecule has 0 atom stereocenters. The number of rotatable bonds is 7. The number of aromatic nitrogens is 5. The van der Waals surface area contributed by atoms with E-state index >= 15 is 0 Å². The number of hydrogen-bond donors (Lipinski definition) is 1. The molecule has 2 aromatic carbocycles. The van der Waals surface area contributed by atoms with Crippen molar-refractivity contribution in [3.05, 3.63) is 64.7 Å². The predicted octanol–water partition coefficient (Wildman–Crippen LogP) is 3.90. The number of nitrogens with zero attached hydrogens (tertiary/aromatic N) is 5. The SMILES string of the molecule is Cc1ccc(-c2noc(-c3nnc(SCC(=O)NCc4ccccc4Cl)n3C)n2)cc1. The summed E-state index contributed by atoms with van der Waals surface area (Å²) >= 11 is 7.38. The summed E-state index contributed by atoms with van der Waals surface area (Å²) in [5, 5.41) is 16.3. The molecule has 158 valence electrons.